The molecule has 0 spiro atoms. The van der Waals surface area contributed by atoms with Gasteiger partial charge in [0.05, 0.1) is 23.8 Å². The first-order chi connectivity index (χ1) is 12.7. The Kier molecular flexibility index (Phi) is 6.44. The van der Waals surface area contributed by atoms with Crippen molar-refractivity contribution in [1.29, 1.82) is 5.26 Å². The lowest BCUT2D eigenvalue weighted by molar-refractivity contribution is 0.486. The third-order valence-corrected chi connectivity index (χ3v) is 5.18. The van der Waals surface area contributed by atoms with Gasteiger partial charge in [-0.1, -0.05) is 54.1 Å². The van der Waals surface area contributed by atoms with E-state index >= 15 is 0 Å². The summed E-state index contributed by atoms with van der Waals surface area (Å²) >= 11 is 5.96. The zero-order chi connectivity index (χ0) is 18.2. The molecule has 1 unspecified atom stereocenters. The van der Waals surface area contributed by atoms with Crippen molar-refractivity contribution in [2.45, 2.75) is 5.92 Å². The van der Waals surface area contributed by atoms with Crippen molar-refractivity contribution in [2.75, 3.05) is 6.16 Å². The van der Waals surface area contributed by atoms with Gasteiger partial charge in [0.1, 0.15) is 16.7 Å². The van der Waals surface area contributed by atoms with Crippen LogP contribution < -0.4 is 9.05 Å². The van der Waals surface area contributed by atoms with Crippen LogP contribution in [-0.2, 0) is 0 Å². The highest BCUT2D eigenvalue weighted by Gasteiger charge is 2.24. The molecule has 0 amide bonds. The fraction of sp³-hybridized carbons (Fsp3) is 0.100. The maximum Gasteiger partial charge on any atom is 0.292 e. The topological polar surface area (TPSA) is 55.1 Å². The first kappa shape index (κ1) is 18.2. The lowest BCUT2D eigenvalue weighted by Crippen LogP contribution is -2.09. The third kappa shape index (κ3) is 5.20. The van der Waals surface area contributed by atoms with E-state index in [0.717, 1.165) is 0 Å². The highest BCUT2D eigenvalue weighted by Crippen LogP contribution is 2.43. The second-order valence-electron chi connectivity index (χ2n) is 5.39. The number of benzene rings is 2. The maximum atomic E-state index is 9.62. The van der Waals surface area contributed by atoms with Gasteiger partial charge in [-0.05, 0) is 36.4 Å². The quantitative estimate of drug-likeness (QED) is 0.382. The van der Waals surface area contributed by atoms with Crippen molar-refractivity contribution >= 4 is 20.0 Å². The Balaban J connectivity index is 1.80. The van der Waals surface area contributed by atoms with E-state index in [0.29, 0.717) is 28.5 Å². The number of hydrogen-bond donors (Lipinski definition) is 0. The standard InChI is InChI=1S/C20H16ClN2O2P/c21-20-13-7-12-19(23-20)16(14-22)15-26(24-17-8-3-1-4-9-17)25-18-10-5-2-6-11-18/h1-13,16H,15H2. The predicted molar refractivity (Wildman–Crippen MR) is 104 cm³/mol. The fourth-order valence-corrected chi connectivity index (χ4v) is 3.90. The summed E-state index contributed by atoms with van der Waals surface area (Å²) in [6.07, 6.45) is 0.378. The van der Waals surface area contributed by atoms with Gasteiger partial charge in [-0.2, -0.15) is 5.26 Å². The van der Waals surface area contributed by atoms with Gasteiger partial charge in [0.25, 0.3) is 8.38 Å². The fourth-order valence-electron chi connectivity index (χ4n) is 2.26. The Morgan fingerprint density at radius 1 is 0.885 bits per heavy atom. The van der Waals surface area contributed by atoms with E-state index < -0.39 is 14.3 Å². The molecule has 6 heteroatoms. The molecule has 3 rings (SSSR count). The van der Waals surface area contributed by atoms with Crippen molar-refractivity contribution < 1.29 is 9.05 Å². The highest BCUT2D eigenvalue weighted by atomic mass is 35.5. The van der Waals surface area contributed by atoms with E-state index in [2.05, 4.69) is 11.1 Å². The summed E-state index contributed by atoms with van der Waals surface area (Å²) in [5, 5.41) is 9.98. The molecular formula is C20H16ClN2O2P. The van der Waals surface area contributed by atoms with Gasteiger partial charge < -0.3 is 9.05 Å². The molecule has 0 fully saturated rings. The average molecular weight is 383 g/mol. The summed E-state index contributed by atoms with van der Waals surface area (Å²) in [5.74, 6) is 0.919. The molecule has 130 valence electrons. The Morgan fingerprint density at radius 3 is 1.96 bits per heavy atom. The van der Waals surface area contributed by atoms with Crippen LogP contribution in [0.3, 0.4) is 0 Å². The van der Waals surface area contributed by atoms with E-state index in [-0.39, 0.29) is 0 Å². The number of aromatic nitrogens is 1. The minimum Gasteiger partial charge on any atom is -0.439 e. The number of nitriles is 1. The van der Waals surface area contributed by atoms with Crippen LogP contribution in [0.15, 0.2) is 78.9 Å². The molecule has 0 bridgehead atoms. The normalized spacial score (nSPS) is 11.6. The molecular weight excluding hydrogens is 367 g/mol. The largest absolute Gasteiger partial charge is 0.439 e. The van der Waals surface area contributed by atoms with Crippen LogP contribution in [0.25, 0.3) is 0 Å². The Labute approximate surface area is 158 Å². The smallest absolute Gasteiger partial charge is 0.292 e. The zero-order valence-corrected chi connectivity index (χ0v) is 15.5. The van der Waals surface area contributed by atoms with Crippen LogP contribution in [-0.4, -0.2) is 11.1 Å². The van der Waals surface area contributed by atoms with Crippen molar-refractivity contribution in [3.63, 3.8) is 0 Å². The summed E-state index contributed by atoms with van der Waals surface area (Å²) in [4.78, 5) is 4.25. The Morgan fingerprint density at radius 2 is 1.46 bits per heavy atom. The number of hydrogen-bond acceptors (Lipinski definition) is 4. The highest BCUT2D eigenvalue weighted by molar-refractivity contribution is 7.48. The molecule has 0 saturated heterocycles. The molecule has 0 radical (unpaired) electrons. The summed E-state index contributed by atoms with van der Waals surface area (Å²) < 4.78 is 12.1. The minimum absolute atomic E-state index is 0.361. The molecule has 4 nitrogen and oxygen atoms in total. The van der Waals surface area contributed by atoms with Gasteiger partial charge in [0.15, 0.2) is 0 Å². The van der Waals surface area contributed by atoms with Crippen molar-refractivity contribution in [2.24, 2.45) is 0 Å². The van der Waals surface area contributed by atoms with Crippen molar-refractivity contribution in [3.05, 3.63) is 89.7 Å². The van der Waals surface area contributed by atoms with E-state index in [1.54, 1.807) is 18.2 Å². The van der Waals surface area contributed by atoms with Crippen LogP contribution in [0.4, 0.5) is 0 Å². The molecule has 2 aromatic carbocycles. The van der Waals surface area contributed by atoms with E-state index in [9.17, 15) is 5.26 Å². The molecule has 1 atom stereocenters. The van der Waals surface area contributed by atoms with E-state index in [4.69, 9.17) is 20.6 Å². The molecule has 26 heavy (non-hydrogen) atoms. The van der Waals surface area contributed by atoms with Gasteiger partial charge in [-0.15, -0.1) is 0 Å². The molecule has 0 N–H and O–H groups in total. The van der Waals surface area contributed by atoms with Gasteiger partial charge in [0, 0.05) is 0 Å². The van der Waals surface area contributed by atoms with Crippen LogP contribution in [0.2, 0.25) is 5.15 Å². The van der Waals surface area contributed by atoms with Crippen LogP contribution in [0.5, 0.6) is 11.5 Å². The number of halogens is 1. The maximum absolute atomic E-state index is 9.62. The summed E-state index contributed by atoms with van der Waals surface area (Å²) in [6.45, 7) is 0. The predicted octanol–water partition coefficient (Wildman–Crippen LogP) is 5.81. The Hall–Kier alpha value is -2.60. The van der Waals surface area contributed by atoms with Crippen molar-refractivity contribution in [1.82, 2.24) is 4.98 Å². The van der Waals surface area contributed by atoms with E-state index in [1.165, 1.54) is 0 Å². The lowest BCUT2D eigenvalue weighted by atomic mass is 10.1. The van der Waals surface area contributed by atoms with Gasteiger partial charge in [-0.3, -0.25) is 0 Å². The molecule has 0 aliphatic carbocycles. The number of pyridine rings is 1. The van der Waals surface area contributed by atoms with E-state index in [1.807, 2.05) is 60.7 Å². The molecule has 0 aliphatic rings. The van der Waals surface area contributed by atoms with Gasteiger partial charge in [-0.25, -0.2) is 4.98 Å². The molecule has 1 aromatic heterocycles. The number of para-hydroxylation sites is 2. The van der Waals surface area contributed by atoms with Crippen LogP contribution >= 0.6 is 20.0 Å². The second-order valence-corrected chi connectivity index (χ2v) is 7.17. The van der Waals surface area contributed by atoms with Crippen molar-refractivity contribution in [3.8, 4) is 17.6 Å². The Bertz CT molecular complexity index is 830. The molecule has 0 saturated carbocycles. The summed E-state index contributed by atoms with van der Waals surface area (Å²) in [5.41, 5.74) is 0.612. The molecule has 3 aromatic rings. The monoisotopic (exact) mass is 382 g/mol. The van der Waals surface area contributed by atoms with Crippen LogP contribution in [0.1, 0.15) is 11.6 Å². The zero-order valence-electron chi connectivity index (χ0n) is 13.8. The van der Waals surface area contributed by atoms with Crippen LogP contribution in [0, 0.1) is 11.3 Å². The van der Waals surface area contributed by atoms with Gasteiger partial charge >= 0.3 is 0 Å². The summed E-state index contributed by atoms with van der Waals surface area (Å²) in [6, 6.07) is 26.4. The third-order valence-electron chi connectivity index (χ3n) is 3.48. The second kappa shape index (κ2) is 9.20. The minimum atomic E-state index is -1.40. The average Bonchev–Trinajstić information content (AvgIpc) is 2.67. The molecule has 0 aliphatic heterocycles. The first-order valence-corrected chi connectivity index (χ1v) is 9.74. The van der Waals surface area contributed by atoms with Gasteiger partial charge in [0.2, 0.25) is 0 Å². The first-order valence-electron chi connectivity index (χ1n) is 8.00. The lowest BCUT2D eigenvalue weighted by Gasteiger charge is -2.20. The SMILES string of the molecule is N#CC(CP(Oc1ccccc1)Oc1ccccc1)c1cccc(Cl)n1. The number of nitrogens with zero attached hydrogens (tertiary/aromatic N) is 2. The summed E-state index contributed by atoms with van der Waals surface area (Å²) in [7, 11) is -1.40. The number of rotatable bonds is 7. The molecule has 1 heterocycles.